The van der Waals surface area contributed by atoms with E-state index in [1.165, 1.54) is 19.3 Å². The standard InChI is InChI=1S/C9H15N5S/c10-6-1-4-8(5-6)15-9-11-12-13-14(9)7-2-3-7/h6-8H,1-5,10H2. The van der Waals surface area contributed by atoms with Crippen molar-refractivity contribution in [1.82, 2.24) is 20.2 Å². The first-order valence-electron chi connectivity index (χ1n) is 5.53. The molecule has 3 rings (SSSR count). The summed E-state index contributed by atoms with van der Waals surface area (Å²) in [5, 5.41) is 13.5. The minimum absolute atomic E-state index is 0.382. The Morgan fingerprint density at radius 2 is 2.13 bits per heavy atom. The molecule has 0 aliphatic heterocycles. The molecule has 6 heteroatoms. The van der Waals surface area contributed by atoms with E-state index in [9.17, 15) is 0 Å². The van der Waals surface area contributed by atoms with Crippen molar-refractivity contribution in [3.8, 4) is 0 Å². The molecule has 0 aromatic carbocycles. The molecule has 0 radical (unpaired) electrons. The van der Waals surface area contributed by atoms with Gasteiger partial charge in [-0.1, -0.05) is 11.8 Å². The summed E-state index contributed by atoms with van der Waals surface area (Å²) in [5.41, 5.74) is 5.89. The molecule has 82 valence electrons. The molecule has 2 atom stereocenters. The Kier molecular flexibility index (Phi) is 2.40. The van der Waals surface area contributed by atoms with E-state index in [1.807, 2.05) is 4.68 Å². The monoisotopic (exact) mass is 225 g/mol. The zero-order valence-electron chi connectivity index (χ0n) is 8.54. The molecule has 1 aromatic rings. The maximum atomic E-state index is 5.89. The normalized spacial score (nSPS) is 31.0. The number of tetrazole rings is 1. The molecule has 1 aromatic heterocycles. The Labute approximate surface area is 92.8 Å². The van der Waals surface area contributed by atoms with Gasteiger partial charge >= 0.3 is 0 Å². The summed E-state index contributed by atoms with van der Waals surface area (Å²) in [6.45, 7) is 0. The second kappa shape index (κ2) is 3.75. The van der Waals surface area contributed by atoms with Gasteiger partial charge in [-0.25, -0.2) is 4.68 Å². The molecule has 0 amide bonds. The number of thioether (sulfide) groups is 1. The average molecular weight is 225 g/mol. The number of hydrogen-bond donors (Lipinski definition) is 1. The Morgan fingerprint density at radius 1 is 1.27 bits per heavy atom. The molecule has 2 N–H and O–H groups in total. The maximum Gasteiger partial charge on any atom is 0.209 e. The Hall–Kier alpha value is -0.620. The number of nitrogens with zero attached hydrogens (tertiary/aromatic N) is 4. The molecule has 0 saturated heterocycles. The van der Waals surface area contributed by atoms with Gasteiger partial charge < -0.3 is 5.73 Å². The van der Waals surface area contributed by atoms with Crippen LogP contribution in [0.3, 0.4) is 0 Å². The third kappa shape index (κ3) is 2.01. The first-order valence-corrected chi connectivity index (χ1v) is 6.41. The van der Waals surface area contributed by atoms with E-state index in [2.05, 4.69) is 15.5 Å². The van der Waals surface area contributed by atoms with E-state index in [0.717, 1.165) is 18.0 Å². The van der Waals surface area contributed by atoms with E-state index in [-0.39, 0.29) is 0 Å². The van der Waals surface area contributed by atoms with Gasteiger partial charge in [0.25, 0.3) is 0 Å². The molecule has 0 spiro atoms. The van der Waals surface area contributed by atoms with Gasteiger partial charge in [-0.3, -0.25) is 0 Å². The molecule has 2 aliphatic rings. The predicted molar refractivity (Wildman–Crippen MR) is 57.6 cm³/mol. The highest BCUT2D eigenvalue weighted by Crippen LogP contribution is 2.39. The van der Waals surface area contributed by atoms with Crippen molar-refractivity contribution in [2.75, 3.05) is 0 Å². The highest BCUT2D eigenvalue weighted by molar-refractivity contribution is 7.99. The smallest absolute Gasteiger partial charge is 0.209 e. The van der Waals surface area contributed by atoms with Crippen LogP contribution >= 0.6 is 11.8 Å². The van der Waals surface area contributed by atoms with Crippen molar-refractivity contribution in [3.63, 3.8) is 0 Å². The Morgan fingerprint density at radius 3 is 2.80 bits per heavy atom. The van der Waals surface area contributed by atoms with Crippen LogP contribution in [0.25, 0.3) is 0 Å². The van der Waals surface area contributed by atoms with Crippen LogP contribution in [0.15, 0.2) is 5.16 Å². The minimum atomic E-state index is 0.382. The summed E-state index contributed by atoms with van der Waals surface area (Å²) in [7, 11) is 0. The van der Waals surface area contributed by atoms with Gasteiger partial charge in [0.1, 0.15) is 0 Å². The Balaban J connectivity index is 1.68. The first-order chi connectivity index (χ1) is 7.33. The lowest BCUT2D eigenvalue weighted by atomic mass is 10.3. The molecular weight excluding hydrogens is 210 g/mol. The summed E-state index contributed by atoms with van der Waals surface area (Å²) in [6.07, 6.45) is 5.89. The van der Waals surface area contributed by atoms with Gasteiger partial charge in [-0.05, 0) is 42.5 Å². The highest BCUT2D eigenvalue weighted by atomic mass is 32.2. The largest absolute Gasteiger partial charge is 0.328 e. The van der Waals surface area contributed by atoms with Gasteiger partial charge in [0, 0.05) is 11.3 Å². The molecule has 15 heavy (non-hydrogen) atoms. The van der Waals surface area contributed by atoms with Gasteiger partial charge in [0.2, 0.25) is 5.16 Å². The van der Waals surface area contributed by atoms with Crippen molar-refractivity contribution in [2.45, 2.75) is 54.6 Å². The van der Waals surface area contributed by atoms with Crippen molar-refractivity contribution in [2.24, 2.45) is 5.73 Å². The highest BCUT2D eigenvalue weighted by Gasteiger charge is 2.30. The predicted octanol–water partition coefficient (Wildman–Crippen LogP) is 0.980. The van der Waals surface area contributed by atoms with Crippen molar-refractivity contribution in [3.05, 3.63) is 0 Å². The zero-order valence-corrected chi connectivity index (χ0v) is 9.36. The fraction of sp³-hybridized carbons (Fsp3) is 0.889. The van der Waals surface area contributed by atoms with E-state index < -0.39 is 0 Å². The number of hydrogen-bond acceptors (Lipinski definition) is 5. The lowest BCUT2D eigenvalue weighted by Gasteiger charge is -2.08. The average Bonchev–Trinajstić information content (AvgIpc) is 2.83. The zero-order chi connectivity index (χ0) is 10.3. The minimum Gasteiger partial charge on any atom is -0.328 e. The summed E-state index contributed by atoms with van der Waals surface area (Å²) < 4.78 is 1.98. The number of rotatable bonds is 3. The van der Waals surface area contributed by atoms with Gasteiger partial charge in [0.15, 0.2) is 0 Å². The third-order valence-electron chi connectivity index (χ3n) is 3.05. The Bertz CT molecular complexity index is 348. The van der Waals surface area contributed by atoms with Crippen LogP contribution in [0, 0.1) is 0 Å². The molecule has 5 nitrogen and oxygen atoms in total. The number of nitrogens with two attached hydrogens (primary N) is 1. The van der Waals surface area contributed by atoms with Crippen molar-refractivity contribution in [1.29, 1.82) is 0 Å². The third-order valence-corrected chi connectivity index (χ3v) is 4.29. The van der Waals surface area contributed by atoms with Crippen LogP contribution in [0.2, 0.25) is 0 Å². The van der Waals surface area contributed by atoms with Gasteiger partial charge in [-0.15, -0.1) is 5.10 Å². The summed E-state index contributed by atoms with van der Waals surface area (Å²) in [6, 6.07) is 0.949. The molecule has 2 fully saturated rings. The van der Waals surface area contributed by atoms with Crippen LogP contribution in [0.4, 0.5) is 0 Å². The maximum absolute atomic E-state index is 5.89. The summed E-state index contributed by atoms with van der Waals surface area (Å²) >= 11 is 1.80. The van der Waals surface area contributed by atoms with Crippen LogP contribution in [0.1, 0.15) is 38.1 Å². The van der Waals surface area contributed by atoms with E-state index in [4.69, 9.17) is 5.73 Å². The fourth-order valence-corrected chi connectivity index (χ4v) is 3.31. The second-order valence-corrected chi connectivity index (χ2v) is 5.72. The van der Waals surface area contributed by atoms with Crippen LogP contribution < -0.4 is 5.73 Å². The van der Waals surface area contributed by atoms with Crippen LogP contribution in [0.5, 0.6) is 0 Å². The molecule has 2 unspecified atom stereocenters. The second-order valence-electron chi connectivity index (χ2n) is 4.45. The van der Waals surface area contributed by atoms with E-state index in [1.54, 1.807) is 11.8 Å². The van der Waals surface area contributed by atoms with Gasteiger partial charge in [-0.2, -0.15) is 0 Å². The van der Waals surface area contributed by atoms with Crippen LogP contribution in [-0.4, -0.2) is 31.5 Å². The van der Waals surface area contributed by atoms with E-state index in [0.29, 0.717) is 17.3 Å². The lowest BCUT2D eigenvalue weighted by molar-refractivity contribution is 0.564. The fourth-order valence-electron chi connectivity index (χ4n) is 2.04. The SMILES string of the molecule is NC1CCC(Sc2nnnn2C2CC2)C1. The van der Waals surface area contributed by atoms with Gasteiger partial charge in [0.05, 0.1) is 6.04 Å². The summed E-state index contributed by atoms with van der Waals surface area (Å²) in [4.78, 5) is 0. The lowest BCUT2D eigenvalue weighted by Crippen LogP contribution is -2.15. The van der Waals surface area contributed by atoms with E-state index >= 15 is 0 Å². The topological polar surface area (TPSA) is 69.6 Å². The molecule has 2 aliphatic carbocycles. The van der Waals surface area contributed by atoms with Crippen molar-refractivity contribution < 1.29 is 0 Å². The summed E-state index contributed by atoms with van der Waals surface area (Å²) in [5.74, 6) is 0. The molecule has 2 saturated carbocycles. The molecule has 1 heterocycles. The quantitative estimate of drug-likeness (QED) is 0.830. The van der Waals surface area contributed by atoms with Crippen molar-refractivity contribution >= 4 is 11.8 Å². The first kappa shape index (κ1) is 9.59. The van der Waals surface area contributed by atoms with Crippen LogP contribution in [-0.2, 0) is 0 Å². The molecule has 0 bridgehead atoms. The molecular formula is C9H15N5S. The number of aromatic nitrogens is 4.